The summed E-state index contributed by atoms with van der Waals surface area (Å²) in [6, 6.07) is 3.88. The second-order valence-corrected chi connectivity index (χ2v) is 3.15. The van der Waals surface area contributed by atoms with Crippen LogP contribution in [0.4, 0.5) is 0 Å². The van der Waals surface area contributed by atoms with E-state index in [4.69, 9.17) is 0 Å². The molecule has 0 spiro atoms. The number of fused-ring (bicyclic) bond motifs is 1. The zero-order chi connectivity index (χ0) is 10.1. The van der Waals surface area contributed by atoms with Crippen LogP contribution in [0, 0.1) is 6.92 Å². The van der Waals surface area contributed by atoms with Crippen molar-refractivity contribution in [3.63, 3.8) is 0 Å². The SMILES string of the molecule is CNC(=O)c1cnc2cc(C)ccn12. The normalized spacial score (nSPS) is 10.4. The summed E-state index contributed by atoms with van der Waals surface area (Å²) in [4.78, 5) is 15.6. The van der Waals surface area contributed by atoms with Gasteiger partial charge in [0.05, 0.1) is 6.20 Å². The number of aromatic nitrogens is 2. The van der Waals surface area contributed by atoms with Crippen LogP contribution < -0.4 is 5.32 Å². The molecule has 1 N–H and O–H groups in total. The molecule has 0 aliphatic rings. The summed E-state index contributed by atoms with van der Waals surface area (Å²) in [5.74, 6) is -0.124. The third kappa shape index (κ3) is 1.25. The van der Waals surface area contributed by atoms with E-state index in [9.17, 15) is 4.79 Å². The lowest BCUT2D eigenvalue weighted by Crippen LogP contribution is -2.19. The lowest BCUT2D eigenvalue weighted by atomic mass is 10.3. The smallest absolute Gasteiger partial charge is 0.269 e. The number of carbonyl (C=O) groups is 1. The minimum absolute atomic E-state index is 0.124. The van der Waals surface area contributed by atoms with Gasteiger partial charge in [0, 0.05) is 13.2 Å². The molecule has 2 aromatic rings. The molecule has 0 fully saturated rings. The Balaban J connectivity index is 2.64. The standard InChI is InChI=1S/C10H11N3O/c1-7-3-4-13-8(10(14)11-2)6-12-9(13)5-7/h3-6H,1-2H3,(H,11,14). The van der Waals surface area contributed by atoms with E-state index in [-0.39, 0.29) is 5.91 Å². The van der Waals surface area contributed by atoms with Crippen molar-refractivity contribution in [2.24, 2.45) is 0 Å². The van der Waals surface area contributed by atoms with Crippen LogP contribution in [0.3, 0.4) is 0 Å². The molecular weight excluding hydrogens is 178 g/mol. The van der Waals surface area contributed by atoms with Crippen molar-refractivity contribution in [3.8, 4) is 0 Å². The molecule has 0 saturated heterocycles. The molecule has 0 aromatic carbocycles. The Labute approximate surface area is 81.6 Å². The number of hydrogen-bond acceptors (Lipinski definition) is 2. The summed E-state index contributed by atoms with van der Waals surface area (Å²) in [6.07, 6.45) is 3.43. The summed E-state index contributed by atoms with van der Waals surface area (Å²) < 4.78 is 1.77. The number of aryl methyl sites for hydroxylation is 1. The van der Waals surface area contributed by atoms with Crippen LogP contribution in [0.15, 0.2) is 24.5 Å². The van der Waals surface area contributed by atoms with Crippen LogP contribution >= 0.6 is 0 Å². The van der Waals surface area contributed by atoms with Gasteiger partial charge >= 0.3 is 0 Å². The second kappa shape index (κ2) is 3.14. The first-order valence-electron chi connectivity index (χ1n) is 4.38. The summed E-state index contributed by atoms with van der Waals surface area (Å²) in [6.45, 7) is 1.99. The van der Waals surface area contributed by atoms with E-state index in [2.05, 4.69) is 10.3 Å². The average molecular weight is 189 g/mol. The molecule has 0 aliphatic carbocycles. The highest BCUT2D eigenvalue weighted by molar-refractivity contribution is 5.93. The zero-order valence-corrected chi connectivity index (χ0v) is 8.11. The fourth-order valence-electron chi connectivity index (χ4n) is 1.38. The van der Waals surface area contributed by atoms with E-state index in [0.717, 1.165) is 11.2 Å². The molecule has 4 heteroatoms. The van der Waals surface area contributed by atoms with Gasteiger partial charge in [0.1, 0.15) is 11.3 Å². The quantitative estimate of drug-likeness (QED) is 0.727. The molecular formula is C10H11N3O. The van der Waals surface area contributed by atoms with Gasteiger partial charge in [0.25, 0.3) is 5.91 Å². The Morgan fingerprint density at radius 2 is 2.36 bits per heavy atom. The highest BCUT2D eigenvalue weighted by Gasteiger charge is 2.09. The van der Waals surface area contributed by atoms with Crippen molar-refractivity contribution in [2.75, 3.05) is 7.05 Å². The molecule has 1 amide bonds. The third-order valence-corrected chi connectivity index (χ3v) is 2.13. The molecule has 2 heterocycles. The maximum atomic E-state index is 11.4. The lowest BCUT2D eigenvalue weighted by molar-refractivity contribution is 0.0957. The summed E-state index contributed by atoms with van der Waals surface area (Å²) in [5, 5.41) is 2.57. The van der Waals surface area contributed by atoms with Crippen LogP contribution in [0.5, 0.6) is 0 Å². The molecule has 0 bridgehead atoms. The molecule has 14 heavy (non-hydrogen) atoms. The van der Waals surface area contributed by atoms with Gasteiger partial charge in [-0.05, 0) is 24.6 Å². The number of pyridine rings is 1. The van der Waals surface area contributed by atoms with Crippen molar-refractivity contribution in [1.82, 2.24) is 14.7 Å². The predicted molar refractivity (Wildman–Crippen MR) is 53.3 cm³/mol. The van der Waals surface area contributed by atoms with Crippen molar-refractivity contribution in [1.29, 1.82) is 0 Å². The van der Waals surface area contributed by atoms with Crippen LogP contribution in [0.25, 0.3) is 5.65 Å². The Hall–Kier alpha value is -1.84. The van der Waals surface area contributed by atoms with Gasteiger partial charge in [-0.3, -0.25) is 9.20 Å². The van der Waals surface area contributed by atoms with E-state index in [1.54, 1.807) is 17.6 Å². The van der Waals surface area contributed by atoms with E-state index >= 15 is 0 Å². The Kier molecular flexibility index (Phi) is 1.96. The maximum absolute atomic E-state index is 11.4. The number of carbonyl (C=O) groups excluding carboxylic acids is 1. The molecule has 4 nitrogen and oxygen atoms in total. The third-order valence-electron chi connectivity index (χ3n) is 2.13. The molecule has 0 radical (unpaired) electrons. The average Bonchev–Trinajstić information content (AvgIpc) is 2.59. The Morgan fingerprint density at radius 3 is 3.07 bits per heavy atom. The highest BCUT2D eigenvalue weighted by Crippen LogP contribution is 2.08. The lowest BCUT2D eigenvalue weighted by Gasteiger charge is -2.00. The van der Waals surface area contributed by atoms with E-state index in [1.165, 1.54) is 0 Å². The van der Waals surface area contributed by atoms with Gasteiger partial charge in [-0.2, -0.15) is 0 Å². The van der Waals surface area contributed by atoms with Crippen LogP contribution in [-0.4, -0.2) is 22.3 Å². The molecule has 0 unspecified atom stereocenters. The predicted octanol–water partition coefficient (Wildman–Crippen LogP) is 1.00. The molecule has 2 aromatic heterocycles. The van der Waals surface area contributed by atoms with Crippen LogP contribution in [0.1, 0.15) is 16.1 Å². The summed E-state index contributed by atoms with van der Waals surface area (Å²) >= 11 is 0. The van der Waals surface area contributed by atoms with Gasteiger partial charge in [-0.25, -0.2) is 4.98 Å². The van der Waals surface area contributed by atoms with Gasteiger partial charge < -0.3 is 5.32 Å². The summed E-state index contributed by atoms with van der Waals surface area (Å²) in [5.41, 5.74) is 2.48. The monoisotopic (exact) mass is 189 g/mol. The number of nitrogens with zero attached hydrogens (tertiary/aromatic N) is 2. The van der Waals surface area contributed by atoms with Crippen LogP contribution in [0.2, 0.25) is 0 Å². The van der Waals surface area contributed by atoms with Gasteiger partial charge in [0.15, 0.2) is 0 Å². The van der Waals surface area contributed by atoms with Crippen LogP contribution in [-0.2, 0) is 0 Å². The number of nitrogens with one attached hydrogen (secondary N) is 1. The van der Waals surface area contributed by atoms with Gasteiger partial charge in [-0.15, -0.1) is 0 Å². The largest absolute Gasteiger partial charge is 0.354 e. The van der Waals surface area contributed by atoms with E-state index in [1.807, 2.05) is 25.3 Å². The van der Waals surface area contributed by atoms with Crippen molar-refractivity contribution < 1.29 is 4.79 Å². The summed E-state index contributed by atoms with van der Waals surface area (Å²) in [7, 11) is 1.61. The molecule has 0 saturated carbocycles. The van der Waals surface area contributed by atoms with E-state index in [0.29, 0.717) is 5.69 Å². The van der Waals surface area contributed by atoms with Gasteiger partial charge in [-0.1, -0.05) is 0 Å². The number of amides is 1. The number of imidazole rings is 1. The molecule has 2 rings (SSSR count). The topological polar surface area (TPSA) is 46.4 Å². The first kappa shape index (κ1) is 8.74. The van der Waals surface area contributed by atoms with Crippen molar-refractivity contribution in [2.45, 2.75) is 6.92 Å². The first-order chi connectivity index (χ1) is 6.72. The Morgan fingerprint density at radius 1 is 1.57 bits per heavy atom. The van der Waals surface area contributed by atoms with E-state index < -0.39 is 0 Å². The highest BCUT2D eigenvalue weighted by atomic mass is 16.1. The van der Waals surface area contributed by atoms with Crippen molar-refractivity contribution >= 4 is 11.6 Å². The van der Waals surface area contributed by atoms with Crippen molar-refractivity contribution in [3.05, 3.63) is 35.8 Å². The Bertz CT molecular complexity index is 487. The fraction of sp³-hybridized carbons (Fsp3) is 0.200. The first-order valence-corrected chi connectivity index (χ1v) is 4.38. The second-order valence-electron chi connectivity index (χ2n) is 3.15. The minimum Gasteiger partial charge on any atom is -0.354 e. The molecule has 0 atom stereocenters. The molecule has 0 aliphatic heterocycles. The molecule has 72 valence electrons. The minimum atomic E-state index is -0.124. The number of hydrogen-bond donors (Lipinski definition) is 1. The zero-order valence-electron chi connectivity index (χ0n) is 8.11. The fourth-order valence-corrected chi connectivity index (χ4v) is 1.38. The number of rotatable bonds is 1. The van der Waals surface area contributed by atoms with Gasteiger partial charge in [0.2, 0.25) is 0 Å². The maximum Gasteiger partial charge on any atom is 0.269 e.